The van der Waals surface area contributed by atoms with Gasteiger partial charge in [-0.25, -0.2) is 9.59 Å². The minimum Gasteiger partial charge on any atom is -0.492 e. The van der Waals surface area contributed by atoms with Gasteiger partial charge in [-0.15, -0.1) is 0 Å². The number of aliphatic carboxylic acids is 2. The molecule has 162 valence electrons. The normalized spacial score (nSPS) is 15.3. The predicted octanol–water partition coefficient (Wildman–Crippen LogP) is 1.40. The second-order valence-electron chi connectivity index (χ2n) is 6.98. The highest BCUT2D eigenvalue weighted by molar-refractivity contribution is 5.91. The first-order valence-electron chi connectivity index (χ1n) is 9.31. The number of ether oxygens (including phenoxy) is 2. The fourth-order valence-electron chi connectivity index (χ4n) is 3.13. The summed E-state index contributed by atoms with van der Waals surface area (Å²) in [7, 11) is 0. The Morgan fingerprint density at radius 2 is 1.84 bits per heavy atom. The zero-order chi connectivity index (χ0) is 22.5. The van der Waals surface area contributed by atoms with Gasteiger partial charge >= 0.3 is 17.9 Å². The van der Waals surface area contributed by atoms with Crippen LogP contribution in [-0.4, -0.2) is 46.7 Å². The molecule has 0 radical (unpaired) electrons. The Hall–Kier alpha value is -4.08. The third-order valence-electron chi connectivity index (χ3n) is 4.67. The molecule has 0 fully saturated rings. The number of nitrogens with two attached hydrogens (primary N) is 1. The third kappa shape index (κ3) is 5.50. The average molecular weight is 428 g/mol. The quantitative estimate of drug-likeness (QED) is 0.276. The molecule has 2 aromatic rings. The van der Waals surface area contributed by atoms with Crippen LogP contribution in [0.3, 0.4) is 0 Å². The summed E-state index contributed by atoms with van der Waals surface area (Å²) in [5.74, 6) is -3.56. The Labute approximate surface area is 176 Å². The minimum absolute atomic E-state index is 0.0824. The molecule has 0 spiro atoms. The monoisotopic (exact) mass is 428 g/mol. The smallest absolute Gasteiger partial charge is 0.343 e. The van der Waals surface area contributed by atoms with Crippen LogP contribution in [0.1, 0.15) is 34.7 Å². The molecule has 1 aliphatic heterocycles. The van der Waals surface area contributed by atoms with E-state index in [0.29, 0.717) is 22.6 Å². The van der Waals surface area contributed by atoms with Crippen LogP contribution in [0, 0.1) is 0 Å². The van der Waals surface area contributed by atoms with Crippen molar-refractivity contribution in [1.29, 1.82) is 0 Å². The molecule has 0 unspecified atom stereocenters. The second kappa shape index (κ2) is 9.16. The van der Waals surface area contributed by atoms with Crippen LogP contribution in [0.5, 0.6) is 11.5 Å². The van der Waals surface area contributed by atoms with E-state index in [9.17, 15) is 19.2 Å². The number of hydrogen-bond acceptors (Lipinski definition) is 7. The Morgan fingerprint density at radius 3 is 2.48 bits per heavy atom. The summed E-state index contributed by atoms with van der Waals surface area (Å²) in [6.07, 6.45) is -0.803. The van der Waals surface area contributed by atoms with E-state index in [1.165, 1.54) is 6.07 Å². The Kier molecular flexibility index (Phi) is 6.39. The first-order chi connectivity index (χ1) is 14.7. The Bertz CT molecular complexity index is 1020. The van der Waals surface area contributed by atoms with E-state index in [1.54, 1.807) is 36.4 Å². The molecule has 0 saturated heterocycles. The second-order valence-corrected chi connectivity index (χ2v) is 6.98. The van der Waals surface area contributed by atoms with Gasteiger partial charge in [-0.3, -0.25) is 9.59 Å². The molecule has 0 bridgehead atoms. The molecule has 5 N–H and O–H groups in total. The highest BCUT2D eigenvalue weighted by Crippen LogP contribution is 2.38. The van der Waals surface area contributed by atoms with Gasteiger partial charge in [0.05, 0.1) is 18.6 Å². The van der Waals surface area contributed by atoms with Crippen LogP contribution in [0.4, 0.5) is 5.69 Å². The van der Waals surface area contributed by atoms with Gasteiger partial charge in [-0.2, -0.15) is 0 Å². The number of hydrogen-bond donors (Lipinski definition) is 4. The lowest BCUT2D eigenvalue weighted by Gasteiger charge is -2.14. The van der Waals surface area contributed by atoms with Crippen LogP contribution >= 0.6 is 0 Å². The van der Waals surface area contributed by atoms with Crippen molar-refractivity contribution in [3.05, 3.63) is 53.6 Å². The van der Waals surface area contributed by atoms with Gasteiger partial charge in [0, 0.05) is 29.7 Å². The number of rotatable bonds is 8. The van der Waals surface area contributed by atoms with Gasteiger partial charge in [0.2, 0.25) is 5.91 Å². The molecule has 1 amide bonds. The first-order valence-corrected chi connectivity index (χ1v) is 9.31. The number of carbonyl (C=O) groups excluding carboxylic acids is 2. The van der Waals surface area contributed by atoms with E-state index in [1.807, 2.05) is 0 Å². The largest absolute Gasteiger partial charge is 0.492 e. The lowest BCUT2D eigenvalue weighted by atomic mass is 9.97. The van der Waals surface area contributed by atoms with E-state index < -0.39 is 36.3 Å². The van der Waals surface area contributed by atoms with Crippen molar-refractivity contribution in [2.24, 2.45) is 0 Å². The molecule has 0 aliphatic carbocycles. The van der Waals surface area contributed by atoms with Crippen molar-refractivity contribution < 1.29 is 38.9 Å². The fraction of sp³-hybridized carbons (Fsp3) is 0.238. The molecule has 2 atom stereocenters. The average Bonchev–Trinajstić information content (AvgIpc) is 3.09. The number of nitrogen functional groups attached to an aromatic ring is 1. The van der Waals surface area contributed by atoms with Gasteiger partial charge in [0.1, 0.15) is 17.5 Å². The van der Waals surface area contributed by atoms with Crippen molar-refractivity contribution in [3.63, 3.8) is 0 Å². The summed E-state index contributed by atoms with van der Waals surface area (Å²) in [4.78, 5) is 46.3. The van der Waals surface area contributed by atoms with Crippen molar-refractivity contribution in [2.75, 3.05) is 12.3 Å². The van der Waals surface area contributed by atoms with E-state index in [0.717, 1.165) is 0 Å². The molecule has 3 rings (SSSR count). The van der Waals surface area contributed by atoms with Crippen LogP contribution < -0.4 is 20.5 Å². The standard InChI is InChI=1S/C21H20N2O8/c22-13-3-1-11(2-4-13)21(29)31-14-5-6-15-12(10-30-17(15)8-14)7-18(24)23-16(20(27)28)9-19(25)26/h1-6,8,12,16H,7,9-10,22H2,(H,23,24)(H,25,26)(H,27,28)/t12-,16+/m1/s1. The van der Waals surface area contributed by atoms with Crippen molar-refractivity contribution in [3.8, 4) is 11.5 Å². The first kappa shape index (κ1) is 21.6. The fourth-order valence-corrected chi connectivity index (χ4v) is 3.13. The van der Waals surface area contributed by atoms with E-state index in [4.69, 9.17) is 25.4 Å². The van der Waals surface area contributed by atoms with Crippen LogP contribution in [0.15, 0.2) is 42.5 Å². The molecule has 1 aliphatic rings. The maximum atomic E-state index is 12.2. The van der Waals surface area contributed by atoms with E-state index in [-0.39, 0.29) is 24.7 Å². The maximum Gasteiger partial charge on any atom is 0.343 e. The molecular weight excluding hydrogens is 408 g/mol. The summed E-state index contributed by atoms with van der Waals surface area (Å²) < 4.78 is 10.9. The van der Waals surface area contributed by atoms with Gasteiger partial charge in [0.15, 0.2) is 0 Å². The molecule has 31 heavy (non-hydrogen) atoms. The summed E-state index contributed by atoms with van der Waals surface area (Å²) in [6, 6.07) is 9.52. The van der Waals surface area contributed by atoms with Crippen molar-refractivity contribution in [1.82, 2.24) is 5.32 Å². The van der Waals surface area contributed by atoms with Crippen molar-refractivity contribution >= 4 is 29.5 Å². The van der Waals surface area contributed by atoms with Crippen LogP contribution in [0.25, 0.3) is 0 Å². The molecule has 2 aromatic carbocycles. The van der Waals surface area contributed by atoms with Crippen LogP contribution in [-0.2, 0) is 14.4 Å². The molecule has 1 heterocycles. The lowest BCUT2D eigenvalue weighted by molar-refractivity contribution is -0.147. The van der Waals surface area contributed by atoms with Gasteiger partial charge in [0.25, 0.3) is 0 Å². The lowest BCUT2D eigenvalue weighted by Crippen LogP contribution is -2.42. The summed E-state index contributed by atoms with van der Waals surface area (Å²) in [5, 5.41) is 20.0. The zero-order valence-electron chi connectivity index (χ0n) is 16.2. The topological polar surface area (TPSA) is 165 Å². The highest BCUT2D eigenvalue weighted by Gasteiger charge is 2.29. The number of esters is 1. The predicted molar refractivity (Wildman–Crippen MR) is 107 cm³/mol. The highest BCUT2D eigenvalue weighted by atomic mass is 16.5. The molecule has 0 saturated carbocycles. The summed E-state index contributed by atoms with van der Waals surface area (Å²) in [5.41, 5.74) is 7.16. The van der Waals surface area contributed by atoms with E-state index >= 15 is 0 Å². The van der Waals surface area contributed by atoms with Crippen molar-refractivity contribution in [2.45, 2.75) is 24.8 Å². The third-order valence-corrected chi connectivity index (χ3v) is 4.67. The summed E-state index contributed by atoms with van der Waals surface area (Å²) >= 11 is 0. The SMILES string of the molecule is Nc1ccc(C(=O)Oc2ccc3c(c2)OC[C@H]3CC(=O)N[C@@H](CC(=O)O)C(=O)O)cc1. The molecule has 0 aromatic heterocycles. The minimum atomic E-state index is -1.51. The molecule has 10 nitrogen and oxygen atoms in total. The number of amides is 1. The summed E-state index contributed by atoms with van der Waals surface area (Å²) in [6.45, 7) is 0.175. The number of benzene rings is 2. The van der Waals surface area contributed by atoms with Gasteiger partial charge in [-0.1, -0.05) is 6.07 Å². The van der Waals surface area contributed by atoms with E-state index in [2.05, 4.69) is 5.32 Å². The molecule has 10 heteroatoms. The number of carbonyl (C=O) groups is 4. The van der Waals surface area contributed by atoms with Gasteiger partial charge < -0.3 is 30.7 Å². The Morgan fingerprint density at radius 1 is 1.13 bits per heavy atom. The maximum absolute atomic E-state index is 12.2. The number of nitrogens with one attached hydrogen (secondary N) is 1. The van der Waals surface area contributed by atoms with Crippen LogP contribution in [0.2, 0.25) is 0 Å². The molecular formula is C21H20N2O8. The number of fused-ring (bicyclic) bond motifs is 1. The number of carboxylic acid groups (broad SMARTS) is 2. The van der Waals surface area contributed by atoms with Gasteiger partial charge in [-0.05, 0) is 30.3 Å². The zero-order valence-corrected chi connectivity index (χ0v) is 16.2. The number of anilines is 1. The number of carboxylic acids is 2. The Balaban J connectivity index is 1.62.